The number of aliphatic hydroxyl groups excluding tert-OH is 1. The van der Waals surface area contributed by atoms with Gasteiger partial charge in [-0.05, 0) is 29.7 Å². The summed E-state index contributed by atoms with van der Waals surface area (Å²) < 4.78 is 5.30. The number of carbonyl (C=O) groups excluding carboxylic acids is 3. The highest BCUT2D eigenvalue weighted by Gasteiger charge is 2.40. The normalized spacial score (nSPS) is 18.3. The van der Waals surface area contributed by atoms with Gasteiger partial charge in [0.1, 0.15) is 12.6 Å². The number of benzene rings is 1. The number of hydrogen-bond acceptors (Lipinski definition) is 5. The van der Waals surface area contributed by atoms with E-state index in [0.29, 0.717) is 19.4 Å². The third kappa shape index (κ3) is 6.95. The monoisotopic (exact) mass is 433 g/mol. The number of ether oxygens (including phenoxy) is 1. The Balaban J connectivity index is 2.04. The zero-order valence-electron chi connectivity index (χ0n) is 18.8. The van der Waals surface area contributed by atoms with E-state index in [1.165, 1.54) is 0 Å². The molecule has 31 heavy (non-hydrogen) atoms. The molecule has 3 amide bonds. The fourth-order valence-electron chi connectivity index (χ4n) is 3.48. The first kappa shape index (κ1) is 24.7. The van der Waals surface area contributed by atoms with Gasteiger partial charge in [-0.15, -0.1) is 0 Å². The Morgan fingerprint density at radius 3 is 2.45 bits per heavy atom. The summed E-state index contributed by atoms with van der Waals surface area (Å²) in [6, 6.07) is 7.84. The summed E-state index contributed by atoms with van der Waals surface area (Å²) in [5.41, 5.74) is 0.262. The standard InChI is InChI=1S/C23H35N3O5/c1-15(2)23(3,4)19(26-22(30)31-14-16-8-6-5-7-9-16)21(29)25-18(13-27)12-17-10-11-24-20(17)28/h5-9,15,17-19,27H,10-14H2,1-4H3,(H,24,28)(H,25,29)(H,26,30)/t17-,18-,19?/m0/s1. The summed E-state index contributed by atoms with van der Waals surface area (Å²) in [5.74, 6) is -0.633. The summed E-state index contributed by atoms with van der Waals surface area (Å²) in [7, 11) is 0. The van der Waals surface area contributed by atoms with Crippen LogP contribution >= 0.6 is 0 Å². The lowest BCUT2D eigenvalue weighted by atomic mass is 9.74. The fraction of sp³-hybridized carbons (Fsp3) is 0.609. The zero-order chi connectivity index (χ0) is 23.0. The number of nitrogens with one attached hydrogen (secondary N) is 3. The van der Waals surface area contributed by atoms with Crippen LogP contribution in [0.5, 0.6) is 0 Å². The molecule has 1 aromatic rings. The molecule has 2 rings (SSSR count). The van der Waals surface area contributed by atoms with Gasteiger partial charge in [0.05, 0.1) is 12.6 Å². The van der Waals surface area contributed by atoms with Crippen LogP contribution in [-0.4, -0.2) is 48.2 Å². The average molecular weight is 434 g/mol. The van der Waals surface area contributed by atoms with Gasteiger partial charge in [-0.25, -0.2) is 4.79 Å². The molecule has 0 aromatic heterocycles. The number of hydrogen-bond donors (Lipinski definition) is 4. The summed E-state index contributed by atoms with van der Waals surface area (Å²) >= 11 is 0. The smallest absolute Gasteiger partial charge is 0.408 e. The maximum Gasteiger partial charge on any atom is 0.408 e. The largest absolute Gasteiger partial charge is 0.445 e. The summed E-state index contributed by atoms with van der Waals surface area (Å²) in [6.07, 6.45) is 0.339. The van der Waals surface area contributed by atoms with Crippen LogP contribution in [0, 0.1) is 17.3 Å². The molecular weight excluding hydrogens is 398 g/mol. The third-order valence-electron chi connectivity index (χ3n) is 6.27. The molecule has 1 saturated heterocycles. The molecule has 1 fully saturated rings. The van der Waals surface area contributed by atoms with Gasteiger partial charge in [0.25, 0.3) is 0 Å². The second kappa shape index (κ2) is 11.1. The minimum Gasteiger partial charge on any atom is -0.445 e. The third-order valence-corrected chi connectivity index (χ3v) is 6.27. The maximum atomic E-state index is 13.1. The van der Waals surface area contributed by atoms with Crippen LogP contribution in [0.2, 0.25) is 0 Å². The van der Waals surface area contributed by atoms with Crippen molar-refractivity contribution >= 4 is 17.9 Å². The first-order valence-corrected chi connectivity index (χ1v) is 10.8. The van der Waals surface area contributed by atoms with E-state index in [9.17, 15) is 19.5 Å². The van der Waals surface area contributed by atoms with E-state index in [0.717, 1.165) is 5.56 Å². The number of carbonyl (C=O) groups is 3. The van der Waals surface area contributed by atoms with Crippen LogP contribution in [0.3, 0.4) is 0 Å². The molecule has 0 saturated carbocycles. The van der Waals surface area contributed by atoms with Gasteiger partial charge in [0, 0.05) is 12.5 Å². The molecule has 1 heterocycles. The molecule has 172 valence electrons. The Kier molecular flexibility index (Phi) is 8.86. The minimum absolute atomic E-state index is 0.0608. The van der Waals surface area contributed by atoms with Gasteiger partial charge >= 0.3 is 6.09 Å². The lowest BCUT2D eigenvalue weighted by Gasteiger charge is -2.37. The molecule has 8 nitrogen and oxygen atoms in total. The van der Waals surface area contributed by atoms with Gasteiger partial charge in [-0.3, -0.25) is 9.59 Å². The van der Waals surface area contributed by atoms with E-state index < -0.39 is 29.5 Å². The highest BCUT2D eigenvalue weighted by atomic mass is 16.5. The van der Waals surface area contributed by atoms with Gasteiger partial charge in [-0.1, -0.05) is 58.0 Å². The number of aliphatic hydroxyl groups is 1. The Morgan fingerprint density at radius 2 is 1.90 bits per heavy atom. The fourth-order valence-corrected chi connectivity index (χ4v) is 3.48. The minimum atomic E-state index is -0.873. The van der Waals surface area contributed by atoms with Crippen LogP contribution in [0.1, 0.15) is 46.1 Å². The Morgan fingerprint density at radius 1 is 1.23 bits per heavy atom. The molecule has 0 bridgehead atoms. The van der Waals surface area contributed by atoms with Crippen molar-refractivity contribution in [3.05, 3.63) is 35.9 Å². The number of rotatable bonds is 10. The molecule has 3 atom stereocenters. The number of alkyl carbamates (subject to hydrolysis) is 1. The van der Waals surface area contributed by atoms with Crippen molar-refractivity contribution in [3.63, 3.8) is 0 Å². The van der Waals surface area contributed by atoms with Crippen molar-refractivity contribution in [2.75, 3.05) is 13.2 Å². The van der Waals surface area contributed by atoms with Crippen molar-refractivity contribution in [1.29, 1.82) is 0 Å². The predicted octanol–water partition coefficient (Wildman–Crippen LogP) is 1.97. The second-order valence-electron chi connectivity index (χ2n) is 9.02. The molecule has 0 spiro atoms. The van der Waals surface area contributed by atoms with Crippen LogP contribution < -0.4 is 16.0 Å². The summed E-state index contributed by atoms with van der Waals surface area (Å²) in [4.78, 5) is 37.4. The molecule has 0 radical (unpaired) electrons. The van der Waals surface area contributed by atoms with E-state index in [1.54, 1.807) is 0 Å². The average Bonchev–Trinajstić information content (AvgIpc) is 3.14. The highest BCUT2D eigenvalue weighted by Crippen LogP contribution is 2.31. The number of amides is 3. The Hall–Kier alpha value is -2.61. The second-order valence-corrected chi connectivity index (χ2v) is 9.02. The molecule has 8 heteroatoms. The molecular formula is C23H35N3O5. The molecule has 0 aliphatic carbocycles. The molecule has 1 aliphatic heterocycles. The summed E-state index contributed by atoms with van der Waals surface area (Å²) in [5, 5.41) is 18.0. The molecule has 1 aromatic carbocycles. The summed E-state index contributed by atoms with van der Waals surface area (Å²) in [6.45, 7) is 8.16. The van der Waals surface area contributed by atoms with Crippen molar-refractivity contribution in [3.8, 4) is 0 Å². The predicted molar refractivity (Wildman–Crippen MR) is 117 cm³/mol. The van der Waals surface area contributed by atoms with E-state index in [2.05, 4.69) is 16.0 Å². The lowest BCUT2D eigenvalue weighted by Crippen LogP contribution is -2.58. The quantitative estimate of drug-likeness (QED) is 0.450. The van der Waals surface area contributed by atoms with Gasteiger partial charge in [-0.2, -0.15) is 0 Å². The van der Waals surface area contributed by atoms with Crippen LogP contribution in [-0.2, 0) is 20.9 Å². The van der Waals surface area contributed by atoms with Crippen molar-refractivity contribution < 1.29 is 24.2 Å². The molecule has 1 unspecified atom stereocenters. The molecule has 1 aliphatic rings. The van der Waals surface area contributed by atoms with Crippen LogP contribution in [0.4, 0.5) is 4.79 Å². The SMILES string of the molecule is CC(C)C(C)(C)C(NC(=O)OCc1ccccc1)C(=O)N[C@H](CO)C[C@@H]1CCNC1=O. The van der Waals surface area contributed by atoms with Gasteiger partial charge < -0.3 is 25.8 Å². The zero-order valence-corrected chi connectivity index (χ0v) is 18.8. The lowest BCUT2D eigenvalue weighted by molar-refractivity contribution is -0.128. The topological polar surface area (TPSA) is 117 Å². The Labute approximate surface area is 184 Å². The van der Waals surface area contributed by atoms with Gasteiger partial charge in [0.15, 0.2) is 0 Å². The van der Waals surface area contributed by atoms with E-state index in [4.69, 9.17) is 4.74 Å². The van der Waals surface area contributed by atoms with E-state index >= 15 is 0 Å². The van der Waals surface area contributed by atoms with E-state index in [1.807, 2.05) is 58.0 Å². The van der Waals surface area contributed by atoms with Crippen molar-refractivity contribution in [1.82, 2.24) is 16.0 Å². The van der Waals surface area contributed by atoms with Crippen LogP contribution in [0.15, 0.2) is 30.3 Å². The Bertz CT molecular complexity index is 751. The maximum absolute atomic E-state index is 13.1. The van der Waals surface area contributed by atoms with Crippen molar-refractivity contribution in [2.24, 2.45) is 17.3 Å². The highest BCUT2D eigenvalue weighted by molar-refractivity contribution is 5.87. The van der Waals surface area contributed by atoms with Crippen molar-refractivity contribution in [2.45, 2.75) is 59.2 Å². The first-order valence-electron chi connectivity index (χ1n) is 10.8. The van der Waals surface area contributed by atoms with Crippen LogP contribution in [0.25, 0.3) is 0 Å². The first-order chi connectivity index (χ1) is 14.6. The van der Waals surface area contributed by atoms with Gasteiger partial charge in [0.2, 0.25) is 11.8 Å². The molecule has 4 N–H and O–H groups in total. The van der Waals surface area contributed by atoms with E-state index in [-0.39, 0.29) is 31.0 Å².